The van der Waals surface area contributed by atoms with Gasteiger partial charge in [-0.15, -0.1) is 0 Å². The normalized spacial score (nSPS) is 18.4. The van der Waals surface area contributed by atoms with E-state index in [1.807, 2.05) is 30.3 Å². The first-order chi connectivity index (χ1) is 15.1. The Labute approximate surface area is 195 Å². The van der Waals surface area contributed by atoms with Crippen LogP contribution in [0.4, 0.5) is 5.69 Å². The maximum absolute atomic E-state index is 6.44. The number of anilines is 1. The van der Waals surface area contributed by atoms with Crippen molar-refractivity contribution in [2.75, 3.05) is 37.7 Å². The van der Waals surface area contributed by atoms with Crippen LogP contribution in [0.1, 0.15) is 23.6 Å². The number of rotatable bonds is 2. The van der Waals surface area contributed by atoms with Crippen molar-refractivity contribution in [3.8, 4) is 5.75 Å². The van der Waals surface area contributed by atoms with E-state index >= 15 is 0 Å². The molecule has 5 heteroatoms. The second-order valence-corrected chi connectivity index (χ2v) is 8.81. The molecule has 2 heterocycles. The fourth-order valence-corrected chi connectivity index (χ4v) is 4.76. The number of hydrogen-bond donors (Lipinski definition) is 0. The number of halogens is 2. The van der Waals surface area contributed by atoms with Gasteiger partial charge < -0.3 is 9.64 Å². The van der Waals surface area contributed by atoms with Crippen molar-refractivity contribution in [2.45, 2.75) is 19.4 Å². The third-order valence-electron chi connectivity index (χ3n) is 5.86. The lowest BCUT2D eigenvalue weighted by Crippen LogP contribution is -2.48. The van der Waals surface area contributed by atoms with Gasteiger partial charge in [0.15, 0.2) is 0 Å². The van der Waals surface area contributed by atoms with Gasteiger partial charge in [0.05, 0.1) is 17.3 Å². The molecule has 162 valence electrons. The molecule has 1 saturated heterocycles. The molecule has 31 heavy (non-hydrogen) atoms. The Morgan fingerprint density at radius 2 is 1.55 bits per heavy atom. The molecule has 2 aliphatic rings. The highest BCUT2D eigenvalue weighted by Crippen LogP contribution is 2.37. The lowest BCUT2D eigenvalue weighted by Gasteiger charge is -2.42. The van der Waals surface area contributed by atoms with Crippen molar-refractivity contribution in [2.24, 2.45) is 0 Å². The molecule has 1 fully saturated rings. The fourth-order valence-electron chi connectivity index (χ4n) is 4.26. The van der Waals surface area contributed by atoms with E-state index < -0.39 is 0 Å². The number of hydrogen-bond acceptors (Lipinski definition) is 3. The second kappa shape index (κ2) is 10.4. The van der Waals surface area contributed by atoms with Crippen LogP contribution in [0.15, 0.2) is 72.8 Å². The SMILES string of the molecule is Cc1ccc(N2CCN(C3CCOc4ccccc43)CC2)c(Cl)c1.Clc1ccccc1. The predicted octanol–water partition coefficient (Wildman–Crippen LogP) is 6.63. The second-order valence-electron chi connectivity index (χ2n) is 7.96. The molecule has 0 bridgehead atoms. The van der Waals surface area contributed by atoms with Crippen LogP contribution < -0.4 is 9.64 Å². The Kier molecular flexibility index (Phi) is 7.39. The molecular weight excluding hydrogens is 427 g/mol. The van der Waals surface area contributed by atoms with E-state index in [9.17, 15) is 0 Å². The molecule has 0 aromatic heterocycles. The molecule has 0 N–H and O–H groups in total. The summed E-state index contributed by atoms with van der Waals surface area (Å²) in [5.41, 5.74) is 3.71. The van der Waals surface area contributed by atoms with Crippen molar-refractivity contribution in [1.29, 1.82) is 0 Å². The monoisotopic (exact) mass is 454 g/mol. The van der Waals surface area contributed by atoms with Crippen LogP contribution >= 0.6 is 23.2 Å². The van der Waals surface area contributed by atoms with Crippen molar-refractivity contribution in [3.05, 3.63) is 94.0 Å². The average molecular weight is 455 g/mol. The fraction of sp³-hybridized carbons (Fsp3) is 0.308. The molecule has 2 aliphatic heterocycles. The molecule has 0 radical (unpaired) electrons. The highest BCUT2D eigenvalue weighted by atomic mass is 35.5. The third-order valence-corrected chi connectivity index (χ3v) is 6.41. The summed E-state index contributed by atoms with van der Waals surface area (Å²) in [6, 6.07) is 24.7. The topological polar surface area (TPSA) is 15.7 Å². The van der Waals surface area contributed by atoms with Crippen molar-refractivity contribution < 1.29 is 4.74 Å². The van der Waals surface area contributed by atoms with Gasteiger partial charge in [-0.3, -0.25) is 4.90 Å². The van der Waals surface area contributed by atoms with Gasteiger partial charge in [0.1, 0.15) is 5.75 Å². The molecule has 5 rings (SSSR count). The quantitative estimate of drug-likeness (QED) is 0.431. The van der Waals surface area contributed by atoms with E-state index in [1.165, 1.54) is 11.1 Å². The molecule has 1 atom stereocenters. The van der Waals surface area contributed by atoms with Crippen molar-refractivity contribution in [1.82, 2.24) is 4.90 Å². The molecule has 0 saturated carbocycles. The first-order valence-corrected chi connectivity index (χ1v) is 11.5. The van der Waals surface area contributed by atoms with E-state index in [1.54, 1.807) is 0 Å². The first kappa shape index (κ1) is 22.0. The maximum Gasteiger partial charge on any atom is 0.124 e. The number of para-hydroxylation sites is 1. The minimum absolute atomic E-state index is 0.477. The number of aryl methyl sites for hydroxylation is 1. The zero-order chi connectivity index (χ0) is 21.6. The van der Waals surface area contributed by atoms with Gasteiger partial charge in [0, 0.05) is 49.2 Å². The number of nitrogens with zero attached hydrogens (tertiary/aromatic N) is 2. The van der Waals surface area contributed by atoms with Gasteiger partial charge >= 0.3 is 0 Å². The highest BCUT2D eigenvalue weighted by Gasteiger charge is 2.29. The Balaban J connectivity index is 0.000000282. The zero-order valence-electron chi connectivity index (χ0n) is 17.8. The van der Waals surface area contributed by atoms with Crippen LogP contribution in [0, 0.1) is 6.92 Å². The van der Waals surface area contributed by atoms with E-state index in [4.69, 9.17) is 27.9 Å². The highest BCUT2D eigenvalue weighted by molar-refractivity contribution is 6.33. The third kappa shape index (κ3) is 5.54. The Bertz CT molecular complexity index is 988. The Hall–Kier alpha value is -2.20. The van der Waals surface area contributed by atoms with Crippen LogP contribution in [-0.2, 0) is 0 Å². The summed E-state index contributed by atoms with van der Waals surface area (Å²) in [4.78, 5) is 5.00. The van der Waals surface area contributed by atoms with Gasteiger partial charge in [0.25, 0.3) is 0 Å². The summed E-state index contributed by atoms with van der Waals surface area (Å²) in [5, 5.41) is 1.65. The standard InChI is InChI=1S/C20H23ClN2O.C6H5Cl/c1-15-6-7-19(17(21)14-15)23-11-9-22(10-12-23)18-8-13-24-20-5-3-2-4-16(18)20;7-6-4-2-1-3-5-6/h2-7,14,18H,8-13H2,1H3;1-5H. The summed E-state index contributed by atoms with van der Waals surface area (Å²) in [6.45, 7) is 7.04. The Morgan fingerprint density at radius 3 is 2.23 bits per heavy atom. The van der Waals surface area contributed by atoms with Gasteiger partial charge in [-0.25, -0.2) is 0 Å². The molecule has 0 aliphatic carbocycles. The van der Waals surface area contributed by atoms with E-state index in [0.29, 0.717) is 6.04 Å². The van der Waals surface area contributed by atoms with E-state index in [-0.39, 0.29) is 0 Å². The minimum Gasteiger partial charge on any atom is -0.493 e. The zero-order valence-corrected chi connectivity index (χ0v) is 19.3. The van der Waals surface area contributed by atoms with Crippen LogP contribution in [0.25, 0.3) is 0 Å². The lowest BCUT2D eigenvalue weighted by molar-refractivity contribution is 0.133. The molecule has 0 spiro atoms. The Morgan fingerprint density at radius 1 is 0.839 bits per heavy atom. The average Bonchev–Trinajstić information content (AvgIpc) is 2.80. The summed E-state index contributed by atoms with van der Waals surface area (Å²) in [6.07, 6.45) is 1.07. The summed E-state index contributed by atoms with van der Waals surface area (Å²) in [7, 11) is 0. The first-order valence-electron chi connectivity index (χ1n) is 10.8. The van der Waals surface area contributed by atoms with Gasteiger partial charge in [0.2, 0.25) is 0 Å². The summed E-state index contributed by atoms with van der Waals surface area (Å²) >= 11 is 12.0. The molecule has 3 aromatic rings. The smallest absolute Gasteiger partial charge is 0.124 e. The minimum atomic E-state index is 0.477. The van der Waals surface area contributed by atoms with Gasteiger partial charge in [-0.05, 0) is 42.8 Å². The largest absolute Gasteiger partial charge is 0.493 e. The molecular formula is C26H28Cl2N2O. The molecule has 3 nitrogen and oxygen atoms in total. The maximum atomic E-state index is 6.44. The van der Waals surface area contributed by atoms with Crippen LogP contribution in [0.2, 0.25) is 10.0 Å². The number of benzene rings is 3. The predicted molar refractivity (Wildman–Crippen MR) is 131 cm³/mol. The number of fused-ring (bicyclic) bond motifs is 1. The number of ether oxygens (including phenoxy) is 1. The van der Waals surface area contributed by atoms with Crippen LogP contribution in [0.5, 0.6) is 5.75 Å². The van der Waals surface area contributed by atoms with Crippen molar-refractivity contribution in [3.63, 3.8) is 0 Å². The van der Waals surface area contributed by atoms with Crippen molar-refractivity contribution >= 4 is 28.9 Å². The molecule has 1 unspecified atom stereocenters. The van der Waals surface area contributed by atoms with E-state index in [2.05, 4.69) is 59.2 Å². The van der Waals surface area contributed by atoms with Gasteiger partial charge in [-0.2, -0.15) is 0 Å². The summed E-state index contributed by atoms with van der Waals surface area (Å²) in [5.74, 6) is 1.05. The van der Waals surface area contributed by atoms with Gasteiger partial charge in [-0.1, -0.05) is 65.7 Å². The van der Waals surface area contributed by atoms with E-state index in [0.717, 1.165) is 60.7 Å². The van der Waals surface area contributed by atoms with Crippen LogP contribution in [0.3, 0.4) is 0 Å². The lowest BCUT2D eigenvalue weighted by atomic mass is 9.98. The molecule has 3 aromatic carbocycles. The molecule has 0 amide bonds. The van der Waals surface area contributed by atoms with Crippen LogP contribution in [-0.4, -0.2) is 37.7 Å². The number of piperazine rings is 1. The summed E-state index contributed by atoms with van der Waals surface area (Å²) < 4.78 is 5.81.